The molecule has 112 valence electrons. The molecule has 5 nitrogen and oxygen atoms in total. The van der Waals surface area contributed by atoms with Crippen LogP contribution in [-0.4, -0.2) is 15.1 Å². The van der Waals surface area contributed by atoms with Gasteiger partial charge < -0.3 is 9.84 Å². The third-order valence-electron chi connectivity index (χ3n) is 4.32. The number of hydrogen-bond acceptors (Lipinski definition) is 5. The first-order valence-corrected chi connectivity index (χ1v) is 7.67. The second-order valence-corrected chi connectivity index (χ2v) is 5.86. The van der Waals surface area contributed by atoms with E-state index in [9.17, 15) is 0 Å². The molecular formula is C17H18N4O. The van der Waals surface area contributed by atoms with Crippen molar-refractivity contribution < 1.29 is 4.52 Å². The summed E-state index contributed by atoms with van der Waals surface area (Å²) in [6.07, 6.45) is 9.45. The first-order valence-electron chi connectivity index (χ1n) is 7.67. The molecule has 1 N–H and O–H groups in total. The van der Waals surface area contributed by atoms with Crippen LogP contribution in [0, 0.1) is 6.92 Å². The topological polar surface area (TPSA) is 63.8 Å². The minimum Gasteiger partial charge on any atom is -0.336 e. The Hall–Kier alpha value is -2.27. The Balaban J connectivity index is 1.46. The Morgan fingerprint density at radius 2 is 2.14 bits per heavy atom. The van der Waals surface area contributed by atoms with E-state index in [-0.39, 0.29) is 0 Å². The number of hydrogen-bond donors (Lipinski definition) is 1. The summed E-state index contributed by atoms with van der Waals surface area (Å²) < 4.78 is 5.14. The minimum absolute atomic E-state index is 0.603. The third kappa shape index (κ3) is 2.37. The Bertz CT molecular complexity index is 825. The van der Waals surface area contributed by atoms with E-state index in [4.69, 9.17) is 4.52 Å². The molecule has 0 bridgehead atoms. The van der Waals surface area contributed by atoms with Crippen LogP contribution in [0.2, 0.25) is 0 Å². The van der Waals surface area contributed by atoms with Crippen molar-refractivity contribution in [2.75, 3.05) is 0 Å². The zero-order valence-corrected chi connectivity index (χ0v) is 12.6. The van der Waals surface area contributed by atoms with Crippen LogP contribution in [-0.2, 0) is 25.9 Å². The number of fused-ring (bicyclic) bond motifs is 2. The molecule has 4 rings (SSSR count). The summed E-state index contributed by atoms with van der Waals surface area (Å²) in [4.78, 5) is 8.66. The quantitative estimate of drug-likeness (QED) is 0.801. The smallest absolute Gasteiger partial charge is 0.257 e. The van der Waals surface area contributed by atoms with Gasteiger partial charge in [0.05, 0.1) is 11.1 Å². The van der Waals surface area contributed by atoms with E-state index < -0.39 is 0 Å². The molecule has 0 spiro atoms. The Morgan fingerprint density at radius 1 is 1.18 bits per heavy atom. The molecule has 0 saturated carbocycles. The number of aryl methyl sites for hydroxylation is 2. The summed E-state index contributed by atoms with van der Waals surface area (Å²) in [6.45, 7) is 3.55. The molecule has 0 aromatic carbocycles. The van der Waals surface area contributed by atoms with Crippen molar-refractivity contribution in [3.63, 3.8) is 0 Å². The van der Waals surface area contributed by atoms with E-state index >= 15 is 0 Å². The van der Waals surface area contributed by atoms with Crippen molar-refractivity contribution in [2.24, 2.45) is 0 Å². The van der Waals surface area contributed by atoms with Crippen molar-refractivity contribution in [2.45, 2.75) is 39.3 Å². The maximum Gasteiger partial charge on any atom is 0.257 e. The van der Waals surface area contributed by atoms with Crippen LogP contribution >= 0.6 is 0 Å². The highest BCUT2D eigenvalue weighted by Crippen LogP contribution is 2.24. The highest BCUT2D eigenvalue weighted by Gasteiger charge is 2.14. The van der Waals surface area contributed by atoms with Crippen LogP contribution in [0.4, 0.5) is 0 Å². The maximum atomic E-state index is 5.14. The zero-order valence-electron chi connectivity index (χ0n) is 12.6. The zero-order chi connectivity index (χ0) is 14.9. The molecule has 0 radical (unpaired) electrons. The Kier molecular flexibility index (Phi) is 3.35. The summed E-state index contributed by atoms with van der Waals surface area (Å²) in [5.74, 6) is 0. The van der Waals surface area contributed by atoms with Gasteiger partial charge in [-0.05, 0) is 54.5 Å². The van der Waals surface area contributed by atoms with Gasteiger partial charge in [-0.3, -0.25) is 4.98 Å². The fraction of sp³-hybridized carbons (Fsp3) is 0.353. The van der Waals surface area contributed by atoms with E-state index in [1.165, 1.54) is 36.0 Å². The third-order valence-corrected chi connectivity index (χ3v) is 4.32. The van der Waals surface area contributed by atoms with Crippen molar-refractivity contribution in [1.82, 2.24) is 20.4 Å². The molecule has 22 heavy (non-hydrogen) atoms. The Morgan fingerprint density at radius 3 is 3.09 bits per heavy atom. The lowest BCUT2D eigenvalue weighted by Gasteiger charge is -2.09. The average Bonchev–Trinajstić information content (AvgIpc) is 3.15. The molecule has 0 aliphatic heterocycles. The summed E-state index contributed by atoms with van der Waals surface area (Å²) in [6, 6.07) is 2.09. The number of rotatable bonds is 4. The number of nitrogens with zero attached hydrogens (tertiary/aromatic N) is 3. The molecule has 0 amide bonds. The average molecular weight is 294 g/mol. The van der Waals surface area contributed by atoms with Crippen LogP contribution in [0.3, 0.4) is 0 Å². The SMILES string of the molecule is Cc1noc2ncc(CNCc3cncc4c3CCC4)cc12. The standard InChI is InChI=1S/C17H18N4O/c1-11-16-5-12(7-20-17(16)22-21-11)6-18-9-14-10-19-8-13-3-2-4-15(13)14/h5,7-8,10,18H,2-4,6,9H2,1H3. The largest absolute Gasteiger partial charge is 0.336 e. The van der Waals surface area contributed by atoms with E-state index in [0.717, 1.165) is 29.7 Å². The predicted octanol–water partition coefficient (Wildman–Crippen LogP) is 2.70. The van der Waals surface area contributed by atoms with Gasteiger partial charge >= 0.3 is 0 Å². The number of aromatic nitrogens is 3. The molecule has 5 heteroatoms. The molecule has 0 atom stereocenters. The summed E-state index contributed by atoms with van der Waals surface area (Å²) >= 11 is 0. The van der Waals surface area contributed by atoms with Gasteiger partial charge in [0.15, 0.2) is 0 Å². The first-order chi connectivity index (χ1) is 10.8. The van der Waals surface area contributed by atoms with Gasteiger partial charge in [0.2, 0.25) is 0 Å². The van der Waals surface area contributed by atoms with Crippen molar-refractivity contribution in [1.29, 1.82) is 0 Å². The number of nitrogens with one attached hydrogen (secondary N) is 1. The molecule has 3 heterocycles. The van der Waals surface area contributed by atoms with E-state index in [1.807, 2.05) is 25.5 Å². The van der Waals surface area contributed by atoms with Crippen LogP contribution < -0.4 is 5.32 Å². The van der Waals surface area contributed by atoms with Crippen LogP contribution in [0.25, 0.3) is 11.1 Å². The van der Waals surface area contributed by atoms with Crippen LogP contribution in [0.15, 0.2) is 29.2 Å². The van der Waals surface area contributed by atoms with Crippen molar-refractivity contribution in [3.8, 4) is 0 Å². The minimum atomic E-state index is 0.603. The number of pyridine rings is 2. The molecule has 3 aromatic heterocycles. The monoisotopic (exact) mass is 294 g/mol. The second kappa shape index (κ2) is 5.50. The fourth-order valence-corrected chi connectivity index (χ4v) is 3.15. The lowest BCUT2D eigenvalue weighted by molar-refractivity contribution is 0.443. The lowest BCUT2D eigenvalue weighted by Crippen LogP contribution is -2.14. The van der Waals surface area contributed by atoms with Gasteiger partial charge in [-0.25, -0.2) is 4.98 Å². The van der Waals surface area contributed by atoms with Gasteiger partial charge in [-0.1, -0.05) is 5.16 Å². The van der Waals surface area contributed by atoms with Crippen LogP contribution in [0.1, 0.15) is 34.4 Å². The normalized spacial score (nSPS) is 13.7. The molecule has 3 aromatic rings. The molecular weight excluding hydrogens is 276 g/mol. The molecule has 1 aliphatic carbocycles. The lowest BCUT2D eigenvalue weighted by atomic mass is 10.1. The van der Waals surface area contributed by atoms with E-state index in [0.29, 0.717) is 5.71 Å². The van der Waals surface area contributed by atoms with Gasteiger partial charge in [0, 0.05) is 31.7 Å². The highest BCUT2D eigenvalue weighted by molar-refractivity contribution is 5.75. The molecule has 0 unspecified atom stereocenters. The van der Waals surface area contributed by atoms with E-state index in [2.05, 4.69) is 26.5 Å². The van der Waals surface area contributed by atoms with Crippen LogP contribution in [0.5, 0.6) is 0 Å². The van der Waals surface area contributed by atoms with Gasteiger partial charge in [-0.2, -0.15) is 0 Å². The highest BCUT2D eigenvalue weighted by atomic mass is 16.5. The van der Waals surface area contributed by atoms with Gasteiger partial charge in [-0.15, -0.1) is 0 Å². The second-order valence-electron chi connectivity index (χ2n) is 5.86. The molecule has 0 saturated heterocycles. The summed E-state index contributed by atoms with van der Waals surface area (Å²) in [7, 11) is 0. The predicted molar refractivity (Wildman–Crippen MR) is 83.3 cm³/mol. The summed E-state index contributed by atoms with van der Waals surface area (Å²) in [5.41, 5.74) is 6.86. The Labute approximate surface area is 128 Å². The maximum absolute atomic E-state index is 5.14. The van der Waals surface area contributed by atoms with E-state index in [1.54, 1.807) is 0 Å². The van der Waals surface area contributed by atoms with Crippen molar-refractivity contribution in [3.05, 3.63) is 52.6 Å². The van der Waals surface area contributed by atoms with Crippen molar-refractivity contribution >= 4 is 11.1 Å². The molecule has 0 fully saturated rings. The summed E-state index contributed by atoms with van der Waals surface area (Å²) in [5, 5.41) is 8.42. The van der Waals surface area contributed by atoms with Gasteiger partial charge in [0.1, 0.15) is 0 Å². The fourth-order valence-electron chi connectivity index (χ4n) is 3.15. The molecule has 1 aliphatic rings. The van der Waals surface area contributed by atoms with Gasteiger partial charge in [0.25, 0.3) is 5.71 Å². The first kappa shape index (κ1) is 13.4.